The molecule has 1 aliphatic heterocycles. The third-order valence-corrected chi connectivity index (χ3v) is 6.49. The molecule has 1 saturated heterocycles. The second-order valence-electron chi connectivity index (χ2n) is 6.38. The Morgan fingerprint density at radius 2 is 1.93 bits per heavy atom. The first-order chi connectivity index (χ1) is 13.5. The van der Waals surface area contributed by atoms with Crippen LogP contribution in [0.5, 0.6) is 0 Å². The van der Waals surface area contributed by atoms with Crippen molar-refractivity contribution in [2.24, 2.45) is 0 Å². The molecule has 9 nitrogen and oxygen atoms in total. The predicted molar refractivity (Wildman–Crippen MR) is 102 cm³/mol. The monoisotopic (exact) mass is 401 g/mol. The van der Waals surface area contributed by atoms with Crippen LogP contribution in [0.1, 0.15) is 15.9 Å². The number of carbonyl (C=O) groups excluding carboxylic acids is 1. The quantitative estimate of drug-likeness (QED) is 0.707. The van der Waals surface area contributed by atoms with Crippen molar-refractivity contribution in [3.05, 3.63) is 53.9 Å². The molecule has 1 aliphatic rings. The van der Waals surface area contributed by atoms with E-state index in [1.54, 1.807) is 37.5 Å². The molecule has 10 heteroatoms. The average molecular weight is 401 g/mol. The Morgan fingerprint density at radius 1 is 1.14 bits per heavy atom. The van der Waals surface area contributed by atoms with Crippen molar-refractivity contribution in [1.82, 2.24) is 18.9 Å². The number of morpholine rings is 1. The predicted octanol–water partition coefficient (Wildman–Crippen LogP) is 1.31. The summed E-state index contributed by atoms with van der Waals surface area (Å²) in [5.74, 6) is 0.0281. The lowest BCUT2D eigenvalue weighted by atomic mass is 10.1. The molecular weight excluding hydrogens is 382 g/mol. The standard InChI is InChI=1S/C18H19N5O4S/c1-13-2-3-14(28(25,26)22-8-10-27-11-9-22)12-15(13)18(24)21-17-4-6-19-16-5-7-20-23(16)17/h2-7,12H,8-11H2,1H3,(H,21,24). The molecule has 28 heavy (non-hydrogen) atoms. The summed E-state index contributed by atoms with van der Waals surface area (Å²) in [7, 11) is -3.69. The third kappa shape index (κ3) is 3.37. The lowest BCUT2D eigenvalue weighted by Crippen LogP contribution is -2.40. The number of rotatable bonds is 4. The second-order valence-corrected chi connectivity index (χ2v) is 8.32. The SMILES string of the molecule is Cc1ccc(S(=O)(=O)N2CCOCC2)cc1C(=O)Nc1ccnc2ccnn12. The highest BCUT2D eigenvalue weighted by Crippen LogP contribution is 2.21. The van der Waals surface area contributed by atoms with E-state index < -0.39 is 15.9 Å². The van der Waals surface area contributed by atoms with E-state index in [0.29, 0.717) is 43.3 Å². The van der Waals surface area contributed by atoms with E-state index in [9.17, 15) is 13.2 Å². The molecule has 1 fully saturated rings. The second kappa shape index (κ2) is 7.30. The number of hydrogen-bond acceptors (Lipinski definition) is 6. The molecule has 0 aliphatic carbocycles. The molecule has 3 heterocycles. The van der Waals surface area contributed by atoms with Crippen LogP contribution in [0.2, 0.25) is 0 Å². The average Bonchev–Trinajstić information content (AvgIpc) is 3.18. The fraction of sp³-hybridized carbons (Fsp3) is 0.278. The zero-order chi connectivity index (χ0) is 19.7. The van der Waals surface area contributed by atoms with Crippen LogP contribution in [0.4, 0.5) is 5.82 Å². The molecule has 0 unspecified atom stereocenters. The Labute approximate surface area is 162 Å². The van der Waals surface area contributed by atoms with E-state index in [0.717, 1.165) is 0 Å². The van der Waals surface area contributed by atoms with Gasteiger partial charge < -0.3 is 10.1 Å². The minimum Gasteiger partial charge on any atom is -0.379 e. The Bertz CT molecular complexity index is 1140. The van der Waals surface area contributed by atoms with Crippen LogP contribution in [0.3, 0.4) is 0 Å². The van der Waals surface area contributed by atoms with Crippen molar-refractivity contribution in [2.75, 3.05) is 31.6 Å². The van der Waals surface area contributed by atoms with E-state index >= 15 is 0 Å². The van der Waals surface area contributed by atoms with E-state index in [4.69, 9.17) is 4.74 Å². The van der Waals surface area contributed by atoms with Gasteiger partial charge in [0, 0.05) is 30.9 Å². The number of fused-ring (bicyclic) bond motifs is 1. The van der Waals surface area contributed by atoms with Gasteiger partial charge in [-0.15, -0.1) is 0 Å². The van der Waals surface area contributed by atoms with Crippen LogP contribution in [-0.2, 0) is 14.8 Å². The zero-order valence-corrected chi connectivity index (χ0v) is 16.0. The van der Waals surface area contributed by atoms with Gasteiger partial charge in [-0.05, 0) is 30.7 Å². The maximum Gasteiger partial charge on any atom is 0.257 e. The molecule has 2 aromatic heterocycles. The summed E-state index contributed by atoms with van der Waals surface area (Å²) in [5.41, 5.74) is 1.55. The van der Waals surface area contributed by atoms with Crippen LogP contribution in [-0.4, -0.2) is 59.5 Å². The van der Waals surface area contributed by atoms with Gasteiger partial charge in [0.1, 0.15) is 5.82 Å². The minimum atomic E-state index is -3.69. The van der Waals surface area contributed by atoms with Crippen LogP contribution < -0.4 is 5.32 Å². The van der Waals surface area contributed by atoms with Gasteiger partial charge in [0.05, 0.1) is 24.3 Å². The molecule has 3 aromatic rings. The zero-order valence-electron chi connectivity index (χ0n) is 15.2. The maximum absolute atomic E-state index is 12.9. The Balaban J connectivity index is 1.65. The molecule has 0 bridgehead atoms. The lowest BCUT2D eigenvalue weighted by Gasteiger charge is -2.26. The minimum absolute atomic E-state index is 0.0871. The Morgan fingerprint density at radius 3 is 2.71 bits per heavy atom. The molecule has 146 valence electrons. The summed E-state index contributed by atoms with van der Waals surface area (Å²) in [4.78, 5) is 17.1. The number of amides is 1. The number of nitrogens with zero attached hydrogens (tertiary/aromatic N) is 4. The topological polar surface area (TPSA) is 106 Å². The molecule has 0 spiro atoms. The van der Waals surface area contributed by atoms with Gasteiger partial charge >= 0.3 is 0 Å². The molecule has 4 rings (SSSR count). The van der Waals surface area contributed by atoms with Crippen molar-refractivity contribution in [2.45, 2.75) is 11.8 Å². The van der Waals surface area contributed by atoms with Crippen LogP contribution in [0.25, 0.3) is 5.65 Å². The highest BCUT2D eigenvalue weighted by Gasteiger charge is 2.27. The van der Waals surface area contributed by atoms with Crippen LogP contribution in [0, 0.1) is 6.92 Å². The number of ether oxygens (including phenoxy) is 1. The summed E-state index contributed by atoms with van der Waals surface area (Å²) in [6.07, 6.45) is 3.15. The maximum atomic E-state index is 12.9. The Kier molecular flexibility index (Phi) is 4.84. The summed E-state index contributed by atoms with van der Waals surface area (Å²) in [5, 5.41) is 6.91. The number of hydrogen-bond donors (Lipinski definition) is 1. The highest BCUT2D eigenvalue weighted by atomic mass is 32.2. The number of carbonyl (C=O) groups is 1. The number of aryl methyl sites for hydroxylation is 1. The number of nitrogens with one attached hydrogen (secondary N) is 1. The van der Waals surface area contributed by atoms with Gasteiger partial charge in [-0.1, -0.05) is 6.07 Å². The van der Waals surface area contributed by atoms with Crippen molar-refractivity contribution < 1.29 is 17.9 Å². The summed E-state index contributed by atoms with van der Waals surface area (Å²) in [6.45, 7) is 3.08. The molecule has 0 saturated carbocycles. The molecule has 0 atom stereocenters. The van der Waals surface area contributed by atoms with Gasteiger partial charge in [-0.2, -0.15) is 13.9 Å². The normalized spacial score (nSPS) is 15.6. The first-order valence-corrected chi connectivity index (χ1v) is 10.2. The molecule has 1 aromatic carbocycles. The van der Waals surface area contributed by atoms with Crippen molar-refractivity contribution in [1.29, 1.82) is 0 Å². The van der Waals surface area contributed by atoms with Crippen LogP contribution in [0.15, 0.2) is 47.6 Å². The number of aromatic nitrogens is 3. The molecule has 1 N–H and O–H groups in total. The summed E-state index contributed by atoms with van der Waals surface area (Å²) < 4.78 is 33.9. The van der Waals surface area contributed by atoms with Crippen molar-refractivity contribution in [3.63, 3.8) is 0 Å². The number of benzene rings is 1. The highest BCUT2D eigenvalue weighted by molar-refractivity contribution is 7.89. The first-order valence-electron chi connectivity index (χ1n) is 8.75. The largest absolute Gasteiger partial charge is 0.379 e. The third-order valence-electron chi connectivity index (χ3n) is 4.59. The fourth-order valence-electron chi connectivity index (χ4n) is 3.06. The van der Waals surface area contributed by atoms with E-state index in [2.05, 4.69) is 15.4 Å². The van der Waals surface area contributed by atoms with Crippen molar-refractivity contribution >= 4 is 27.4 Å². The van der Waals surface area contributed by atoms with Gasteiger partial charge in [0.2, 0.25) is 10.0 Å². The molecular formula is C18H19N5O4S. The summed E-state index contributed by atoms with van der Waals surface area (Å²) in [6, 6.07) is 7.92. The van der Waals surface area contributed by atoms with Gasteiger partial charge in [-0.25, -0.2) is 13.4 Å². The molecule has 1 amide bonds. The molecule has 0 radical (unpaired) electrons. The first kappa shape index (κ1) is 18.5. The Hall–Kier alpha value is -2.82. The van der Waals surface area contributed by atoms with E-state index in [1.807, 2.05) is 0 Å². The number of anilines is 1. The van der Waals surface area contributed by atoms with Gasteiger partial charge in [0.15, 0.2) is 5.65 Å². The van der Waals surface area contributed by atoms with Crippen molar-refractivity contribution in [3.8, 4) is 0 Å². The summed E-state index contributed by atoms with van der Waals surface area (Å²) >= 11 is 0. The van der Waals surface area contributed by atoms with Gasteiger partial charge in [-0.3, -0.25) is 4.79 Å². The fourth-order valence-corrected chi connectivity index (χ4v) is 4.49. The van der Waals surface area contributed by atoms with Crippen LogP contribution >= 0.6 is 0 Å². The van der Waals surface area contributed by atoms with Gasteiger partial charge in [0.25, 0.3) is 5.91 Å². The van der Waals surface area contributed by atoms with E-state index in [-0.39, 0.29) is 10.5 Å². The lowest BCUT2D eigenvalue weighted by molar-refractivity contribution is 0.0730. The number of sulfonamides is 1. The smallest absolute Gasteiger partial charge is 0.257 e. The van der Waals surface area contributed by atoms with E-state index in [1.165, 1.54) is 21.0 Å².